The van der Waals surface area contributed by atoms with E-state index in [1.807, 2.05) is 56.4 Å². The Labute approximate surface area is 176 Å². The van der Waals surface area contributed by atoms with Crippen LogP contribution >= 0.6 is 0 Å². The van der Waals surface area contributed by atoms with Crippen LogP contribution in [-0.2, 0) is 19.5 Å². The molecule has 0 spiro atoms. The molecule has 2 heterocycles. The lowest BCUT2D eigenvalue weighted by atomic mass is 10.1. The van der Waals surface area contributed by atoms with Crippen LogP contribution in [-0.4, -0.2) is 26.6 Å². The van der Waals surface area contributed by atoms with E-state index in [1.165, 1.54) is 5.56 Å². The Kier molecular flexibility index (Phi) is 5.57. The molecule has 0 unspecified atom stereocenters. The molecule has 0 atom stereocenters. The second-order valence-corrected chi connectivity index (χ2v) is 8.39. The van der Waals surface area contributed by atoms with E-state index < -0.39 is 0 Å². The van der Waals surface area contributed by atoms with Gasteiger partial charge in [0, 0.05) is 43.6 Å². The molecule has 30 heavy (non-hydrogen) atoms. The van der Waals surface area contributed by atoms with Crippen molar-refractivity contribution < 1.29 is 4.79 Å². The fraction of sp³-hybridized carbons (Fsp3) is 0.375. The highest BCUT2D eigenvalue weighted by atomic mass is 16.2. The van der Waals surface area contributed by atoms with Gasteiger partial charge >= 0.3 is 0 Å². The van der Waals surface area contributed by atoms with Gasteiger partial charge in [0.2, 0.25) is 0 Å². The molecule has 0 saturated heterocycles. The highest BCUT2D eigenvalue weighted by molar-refractivity contribution is 5.95. The number of pyridine rings is 1. The Morgan fingerprint density at radius 3 is 2.53 bits per heavy atom. The molecule has 2 aromatic heterocycles. The Hall–Kier alpha value is -3.15. The molecule has 1 aliphatic carbocycles. The minimum atomic E-state index is -0.278. The third-order valence-electron chi connectivity index (χ3n) is 6.10. The Morgan fingerprint density at radius 2 is 1.87 bits per heavy atom. The number of carbonyl (C=O) groups is 1. The number of aryl methyl sites for hydroxylation is 4. The van der Waals surface area contributed by atoms with Gasteiger partial charge in [-0.05, 0) is 50.3 Å². The molecule has 1 fully saturated rings. The minimum Gasteiger partial charge on any atom is -0.351 e. The van der Waals surface area contributed by atoms with Gasteiger partial charge in [0.1, 0.15) is 11.4 Å². The molecule has 1 saturated carbocycles. The molecule has 1 aromatic carbocycles. The molecule has 3 aromatic rings. The van der Waals surface area contributed by atoms with Gasteiger partial charge in [-0.15, -0.1) is 0 Å². The summed E-state index contributed by atoms with van der Waals surface area (Å²) in [5.74, 6) is 0.702. The zero-order chi connectivity index (χ0) is 21.1. The van der Waals surface area contributed by atoms with Crippen LogP contribution in [0.1, 0.15) is 40.2 Å². The topological polar surface area (TPSA) is 68.9 Å². The van der Waals surface area contributed by atoms with Crippen molar-refractivity contribution in [2.45, 2.75) is 46.2 Å². The largest absolute Gasteiger partial charge is 0.351 e. The highest BCUT2D eigenvalue weighted by Gasteiger charge is 2.43. The maximum atomic E-state index is 13.0. The van der Waals surface area contributed by atoms with Crippen LogP contribution in [0.5, 0.6) is 0 Å². The van der Waals surface area contributed by atoms with Crippen LogP contribution in [0.3, 0.4) is 0 Å². The number of nitrogens with zero attached hydrogens (tertiary/aromatic N) is 3. The zero-order valence-corrected chi connectivity index (χ0v) is 17.6. The van der Waals surface area contributed by atoms with Crippen molar-refractivity contribution in [3.63, 3.8) is 0 Å². The van der Waals surface area contributed by atoms with E-state index in [0.29, 0.717) is 18.7 Å². The first kappa shape index (κ1) is 20.1. The van der Waals surface area contributed by atoms with E-state index in [1.54, 1.807) is 17.0 Å². The van der Waals surface area contributed by atoms with Gasteiger partial charge in [0.15, 0.2) is 0 Å². The number of nitrogens with one attached hydrogen (secondary N) is 1. The third-order valence-corrected chi connectivity index (χ3v) is 6.10. The van der Waals surface area contributed by atoms with Gasteiger partial charge in [-0.25, -0.2) is 4.98 Å². The number of amides is 1. The predicted octanol–water partition coefficient (Wildman–Crippen LogP) is 3.11. The molecular weight excluding hydrogens is 376 g/mol. The van der Waals surface area contributed by atoms with Crippen LogP contribution in [0.15, 0.2) is 59.8 Å². The number of carbonyl (C=O) groups excluding carboxylic acids is 1. The Balaban J connectivity index is 1.43. The summed E-state index contributed by atoms with van der Waals surface area (Å²) in [5, 5.41) is 3.03. The third kappa shape index (κ3) is 4.37. The summed E-state index contributed by atoms with van der Waals surface area (Å²) in [7, 11) is 0. The first-order valence-corrected chi connectivity index (χ1v) is 10.5. The first-order chi connectivity index (χ1) is 14.5. The molecule has 1 aliphatic rings. The Bertz CT molecular complexity index is 1090. The van der Waals surface area contributed by atoms with Crippen molar-refractivity contribution in [1.82, 2.24) is 19.4 Å². The highest BCUT2D eigenvalue weighted by Crippen LogP contribution is 2.46. The maximum Gasteiger partial charge on any atom is 0.263 e. The number of hydrogen-bond acceptors (Lipinski definition) is 3. The second kappa shape index (κ2) is 8.30. The molecule has 1 amide bonds. The van der Waals surface area contributed by atoms with Crippen LogP contribution < -0.4 is 10.9 Å². The van der Waals surface area contributed by atoms with Crippen molar-refractivity contribution in [3.05, 3.63) is 87.9 Å². The maximum absolute atomic E-state index is 13.0. The average Bonchev–Trinajstić information content (AvgIpc) is 3.40. The van der Waals surface area contributed by atoms with Gasteiger partial charge < -0.3 is 14.5 Å². The summed E-state index contributed by atoms with van der Waals surface area (Å²) < 4.78 is 3.76. The summed E-state index contributed by atoms with van der Waals surface area (Å²) in [5.41, 5.74) is 1.97. The van der Waals surface area contributed by atoms with Gasteiger partial charge in [-0.3, -0.25) is 9.59 Å². The number of imidazole rings is 1. The fourth-order valence-corrected chi connectivity index (χ4v) is 3.87. The fourth-order valence-electron chi connectivity index (χ4n) is 3.87. The first-order valence-electron chi connectivity index (χ1n) is 10.5. The molecule has 0 aliphatic heterocycles. The molecule has 1 N–H and O–H groups in total. The number of benzene rings is 1. The van der Waals surface area contributed by atoms with E-state index in [9.17, 15) is 9.59 Å². The number of aromatic nitrogens is 3. The molecule has 156 valence electrons. The lowest BCUT2D eigenvalue weighted by molar-refractivity contribution is 0.0940. The van der Waals surface area contributed by atoms with Gasteiger partial charge in [-0.2, -0.15) is 0 Å². The van der Waals surface area contributed by atoms with Gasteiger partial charge in [0.25, 0.3) is 11.5 Å². The summed E-state index contributed by atoms with van der Waals surface area (Å²) >= 11 is 0. The van der Waals surface area contributed by atoms with Crippen molar-refractivity contribution >= 4 is 5.91 Å². The quantitative estimate of drug-likeness (QED) is 0.627. The van der Waals surface area contributed by atoms with E-state index in [4.69, 9.17) is 0 Å². The normalized spacial score (nSPS) is 14.5. The summed E-state index contributed by atoms with van der Waals surface area (Å²) in [4.78, 5) is 30.2. The van der Waals surface area contributed by atoms with E-state index in [2.05, 4.69) is 14.9 Å². The van der Waals surface area contributed by atoms with Crippen molar-refractivity contribution in [3.8, 4) is 0 Å². The molecule has 0 bridgehead atoms. The lowest BCUT2D eigenvalue weighted by Crippen LogP contribution is -2.37. The predicted molar refractivity (Wildman–Crippen MR) is 117 cm³/mol. The average molecular weight is 405 g/mol. The lowest BCUT2D eigenvalue weighted by Gasteiger charge is -2.18. The number of hydrogen-bond donors (Lipinski definition) is 1. The van der Waals surface area contributed by atoms with Crippen LogP contribution in [0.25, 0.3) is 0 Å². The van der Waals surface area contributed by atoms with Gasteiger partial charge in [0.05, 0.1) is 0 Å². The summed E-state index contributed by atoms with van der Waals surface area (Å²) in [6.07, 6.45) is 8.44. The minimum absolute atomic E-state index is 0.0656. The van der Waals surface area contributed by atoms with Crippen molar-refractivity contribution in [2.75, 3.05) is 6.54 Å². The number of rotatable bonds is 8. The second-order valence-electron chi connectivity index (χ2n) is 8.39. The Morgan fingerprint density at radius 1 is 1.10 bits per heavy atom. The molecule has 6 heteroatoms. The van der Waals surface area contributed by atoms with Gasteiger partial charge in [-0.1, -0.05) is 30.3 Å². The van der Waals surface area contributed by atoms with Crippen molar-refractivity contribution in [2.24, 2.45) is 5.41 Å². The van der Waals surface area contributed by atoms with Crippen molar-refractivity contribution in [1.29, 1.82) is 0 Å². The monoisotopic (exact) mass is 404 g/mol. The molecule has 0 radical (unpaired) electrons. The van der Waals surface area contributed by atoms with E-state index in [0.717, 1.165) is 31.6 Å². The van der Waals surface area contributed by atoms with Crippen LogP contribution in [0.4, 0.5) is 0 Å². The summed E-state index contributed by atoms with van der Waals surface area (Å²) in [6, 6.07) is 11.9. The molecule has 6 nitrogen and oxygen atoms in total. The molecule has 4 rings (SSSR count). The summed E-state index contributed by atoms with van der Waals surface area (Å²) in [6.45, 7) is 5.77. The van der Waals surface area contributed by atoms with E-state index in [-0.39, 0.29) is 22.4 Å². The van der Waals surface area contributed by atoms with E-state index >= 15 is 0 Å². The standard InChI is InChI=1S/C24H28N4O2/c1-18-8-13-27(14-9-20-6-4-3-5-7-20)23(30)21(18)22(29)26-16-24(10-11-24)17-28-15-12-25-19(28)2/h3-8,12-13,15H,9-11,14,16-17H2,1-2H3,(H,26,29). The zero-order valence-electron chi connectivity index (χ0n) is 17.6. The molecular formula is C24H28N4O2. The van der Waals surface area contributed by atoms with Crippen LogP contribution in [0.2, 0.25) is 0 Å². The van der Waals surface area contributed by atoms with Crippen LogP contribution in [0, 0.1) is 19.3 Å². The smallest absolute Gasteiger partial charge is 0.263 e. The SMILES string of the molecule is Cc1ccn(CCc2ccccc2)c(=O)c1C(=O)NCC1(Cn2ccnc2C)CC1.